The number of hydroxylamine groups is 1. The maximum atomic E-state index is 11.1. The first kappa shape index (κ1) is 10.4. The van der Waals surface area contributed by atoms with E-state index in [0.29, 0.717) is 6.61 Å². The second-order valence-electron chi connectivity index (χ2n) is 2.49. The summed E-state index contributed by atoms with van der Waals surface area (Å²) in [4.78, 5) is 30.3. The van der Waals surface area contributed by atoms with Crippen LogP contribution in [0.25, 0.3) is 0 Å². The highest BCUT2D eigenvalue weighted by atomic mass is 16.6. The number of carbonyl (C=O) groups excluding carboxylic acids is 1. The molecule has 0 aromatic carbocycles. The van der Waals surface area contributed by atoms with Gasteiger partial charge in [-0.15, -0.1) is 0 Å². The Morgan fingerprint density at radius 1 is 1.71 bits per heavy atom. The lowest BCUT2D eigenvalue weighted by atomic mass is 10.5. The van der Waals surface area contributed by atoms with Crippen LogP contribution in [0.2, 0.25) is 0 Å². The van der Waals surface area contributed by atoms with Crippen LogP contribution < -0.4 is 11.2 Å². The Hall–Kier alpha value is -1.69. The summed E-state index contributed by atoms with van der Waals surface area (Å²) in [6, 6.07) is 1.58. The number of hydrogen-bond acceptors (Lipinski definition) is 4. The van der Waals surface area contributed by atoms with Crippen molar-refractivity contribution in [2.24, 2.45) is 0 Å². The molecule has 0 saturated heterocycles. The van der Waals surface area contributed by atoms with Crippen molar-refractivity contribution in [3.05, 3.63) is 28.9 Å². The summed E-state index contributed by atoms with van der Waals surface area (Å²) in [5.74, 6) is -0.387. The van der Waals surface area contributed by atoms with E-state index in [0.717, 1.165) is 0 Å². The molecule has 1 aromatic heterocycles. The fourth-order valence-corrected chi connectivity index (χ4v) is 0.847. The van der Waals surface area contributed by atoms with E-state index >= 15 is 0 Å². The molecule has 6 nitrogen and oxygen atoms in total. The van der Waals surface area contributed by atoms with Gasteiger partial charge in [-0.05, 0) is 13.0 Å². The molecule has 1 amide bonds. The average molecular weight is 197 g/mol. The average Bonchev–Trinajstić information content (AvgIpc) is 2.18. The lowest BCUT2D eigenvalue weighted by Crippen LogP contribution is -2.32. The molecular formula is C8H11N3O3. The van der Waals surface area contributed by atoms with Crippen molar-refractivity contribution < 1.29 is 9.63 Å². The van der Waals surface area contributed by atoms with Crippen LogP contribution in [0.4, 0.5) is 0 Å². The zero-order chi connectivity index (χ0) is 10.4. The molecule has 0 atom stereocenters. The highest BCUT2D eigenvalue weighted by Gasteiger charge is 2.02. The molecule has 6 heteroatoms. The minimum atomic E-state index is -0.459. The second kappa shape index (κ2) is 5.13. The highest BCUT2D eigenvalue weighted by molar-refractivity contribution is 5.74. The first-order valence-corrected chi connectivity index (χ1v) is 4.16. The number of nitrogens with zero attached hydrogens (tertiary/aromatic N) is 2. The monoisotopic (exact) mass is 197 g/mol. The van der Waals surface area contributed by atoms with Gasteiger partial charge in [-0.3, -0.25) is 14.2 Å². The molecule has 0 radical (unpaired) electrons. The number of amides is 1. The van der Waals surface area contributed by atoms with E-state index < -0.39 is 5.69 Å². The first-order valence-electron chi connectivity index (χ1n) is 4.16. The third-order valence-electron chi connectivity index (χ3n) is 1.43. The van der Waals surface area contributed by atoms with Gasteiger partial charge in [0, 0.05) is 12.4 Å². The fraction of sp³-hybridized carbons (Fsp3) is 0.375. The van der Waals surface area contributed by atoms with Gasteiger partial charge in [0.25, 0.3) is 5.91 Å². The molecular weight excluding hydrogens is 186 g/mol. The van der Waals surface area contributed by atoms with Crippen LogP contribution in [0.1, 0.15) is 6.92 Å². The summed E-state index contributed by atoms with van der Waals surface area (Å²) in [5.41, 5.74) is 1.72. The molecule has 0 aliphatic heterocycles. The van der Waals surface area contributed by atoms with Crippen molar-refractivity contribution in [2.75, 3.05) is 6.61 Å². The lowest BCUT2D eigenvalue weighted by molar-refractivity contribution is -0.133. The van der Waals surface area contributed by atoms with Crippen LogP contribution in [-0.2, 0) is 16.2 Å². The molecule has 0 unspecified atom stereocenters. The molecule has 1 N–H and O–H groups in total. The minimum absolute atomic E-state index is 0.0906. The molecule has 0 aliphatic carbocycles. The Balaban J connectivity index is 2.56. The van der Waals surface area contributed by atoms with Crippen LogP contribution in [0.3, 0.4) is 0 Å². The van der Waals surface area contributed by atoms with Crippen molar-refractivity contribution in [3.63, 3.8) is 0 Å². The maximum Gasteiger partial charge on any atom is 0.347 e. The quantitative estimate of drug-likeness (QED) is 0.648. The van der Waals surface area contributed by atoms with Gasteiger partial charge in [0.15, 0.2) is 0 Å². The van der Waals surface area contributed by atoms with E-state index in [1.807, 2.05) is 0 Å². The van der Waals surface area contributed by atoms with Crippen LogP contribution >= 0.6 is 0 Å². The summed E-state index contributed by atoms with van der Waals surface area (Å²) >= 11 is 0. The molecule has 1 aromatic rings. The summed E-state index contributed by atoms with van der Waals surface area (Å²) in [6.07, 6.45) is 2.86. The van der Waals surface area contributed by atoms with Crippen molar-refractivity contribution in [2.45, 2.75) is 13.5 Å². The van der Waals surface area contributed by atoms with Crippen LogP contribution in [0.5, 0.6) is 0 Å². The van der Waals surface area contributed by atoms with Gasteiger partial charge < -0.3 is 0 Å². The standard InChI is InChI=1S/C8H11N3O3/c1-2-14-10-7(12)6-11-5-3-4-9-8(11)13/h3-5H,2,6H2,1H3,(H,10,12). The highest BCUT2D eigenvalue weighted by Crippen LogP contribution is 1.80. The van der Waals surface area contributed by atoms with Crippen molar-refractivity contribution in [3.8, 4) is 0 Å². The number of nitrogens with one attached hydrogen (secondary N) is 1. The third kappa shape index (κ3) is 2.98. The summed E-state index contributed by atoms with van der Waals surface area (Å²) in [5, 5.41) is 0. The predicted molar refractivity (Wildman–Crippen MR) is 48.3 cm³/mol. The smallest absolute Gasteiger partial charge is 0.290 e. The molecule has 0 fully saturated rings. The Morgan fingerprint density at radius 2 is 2.50 bits per heavy atom. The predicted octanol–water partition coefficient (Wildman–Crippen LogP) is -0.689. The van der Waals surface area contributed by atoms with Crippen molar-refractivity contribution in [1.82, 2.24) is 15.0 Å². The zero-order valence-electron chi connectivity index (χ0n) is 7.77. The molecule has 76 valence electrons. The first-order chi connectivity index (χ1) is 6.74. The van der Waals surface area contributed by atoms with Crippen LogP contribution in [-0.4, -0.2) is 22.1 Å². The minimum Gasteiger partial charge on any atom is -0.290 e. The van der Waals surface area contributed by atoms with E-state index in [-0.39, 0.29) is 12.5 Å². The second-order valence-corrected chi connectivity index (χ2v) is 2.49. The molecule has 1 heterocycles. The van der Waals surface area contributed by atoms with E-state index in [2.05, 4.69) is 15.3 Å². The zero-order valence-corrected chi connectivity index (χ0v) is 7.77. The normalized spacial score (nSPS) is 9.79. The maximum absolute atomic E-state index is 11.1. The Bertz CT molecular complexity index is 361. The van der Waals surface area contributed by atoms with Gasteiger partial charge in [-0.25, -0.2) is 15.3 Å². The van der Waals surface area contributed by atoms with Gasteiger partial charge in [0.05, 0.1) is 6.61 Å². The lowest BCUT2D eigenvalue weighted by Gasteiger charge is -2.04. The Morgan fingerprint density at radius 3 is 3.14 bits per heavy atom. The summed E-state index contributed by atoms with van der Waals surface area (Å²) < 4.78 is 1.19. The molecule has 14 heavy (non-hydrogen) atoms. The van der Waals surface area contributed by atoms with Gasteiger partial charge in [-0.1, -0.05) is 0 Å². The largest absolute Gasteiger partial charge is 0.347 e. The van der Waals surface area contributed by atoms with Gasteiger partial charge in [0.2, 0.25) is 0 Å². The van der Waals surface area contributed by atoms with Crippen LogP contribution in [0.15, 0.2) is 23.3 Å². The molecule has 0 saturated carbocycles. The molecule has 0 bridgehead atoms. The van der Waals surface area contributed by atoms with Gasteiger partial charge in [-0.2, -0.15) is 0 Å². The molecule has 0 spiro atoms. The van der Waals surface area contributed by atoms with Crippen molar-refractivity contribution in [1.29, 1.82) is 0 Å². The van der Waals surface area contributed by atoms with Crippen LogP contribution in [0, 0.1) is 0 Å². The Kier molecular flexibility index (Phi) is 3.81. The molecule has 1 rings (SSSR count). The van der Waals surface area contributed by atoms with Gasteiger partial charge in [0.1, 0.15) is 6.54 Å². The number of carbonyl (C=O) groups is 1. The fourth-order valence-electron chi connectivity index (χ4n) is 0.847. The van der Waals surface area contributed by atoms with Gasteiger partial charge >= 0.3 is 5.69 Å². The van der Waals surface area contributed by atoms with E-state index in [1.165, 1.54) is 17.0 Å². The number of aromatic nitrogens is 2. The molecule has 0 aliphatic rings. The topological polar surface area (TPSA) is 73.2 Å². The number of hydrogen-bond donors (Lipinski definition) is 1. The third-order valence-corrected chi connectivity index (χ3v) is 1.43. The number of rotatable bonds is 4. The summed E-state index contributed by atoms with van der Waals surface area (Å²) in [7, 11) is 0. The van der Waals surface area contributed by atoms with E-state index in [1.54, 1.807) is 13.0 Å². The van der Waals surface area contributed by atoms with E-state index in [9.17, 15) is 9.59 Å². The summed E-state index contributed by atoms with van der Waals surface area (Å²) in [6.45, 7) is 2.04. The van der Waals surface area contributed by atoms with E-state index in [4.69, 9.17) is 0 Å². The van der Waals surface area contributed by atoms with Crippen molar-refractivity contribution >= 4 is 5.91 Å². The Labute approximate surface area is 80.5 Å². The SMILES string of the molecule is CCONC(=O)Cn1cccnc1=O.